The van der Waals surface area contributed by atoms with Crippen LogP contribution in [0.3, 0.4) is 0 Å². The number of methoxy groups -OCH3 is 1. The fraction of sp³-hybridized carbons (Fsp3) is 0.417. The Labute approximate surface area is 189 Å². The zero-order chi connectivity index (χ0) is 22.7. The predicted molar refractivity (Wildman–Crippen MR) is 119 cm³/mol. The summed E-state index contributed by atoms with van der Waals surface area (Å²) >= 11 is 0. The molecule has 2 aromatic carbocycles. The quantitative estimate of drug-likeness (QED) is 0.693. The van der Waals surface area contributed by atoms with E-state index in [9.17, 15) is 13.2 Å². The molecular formula is C24H27N3O4S. The maximum atomic E-state index is 13.3. The number of nitriles is 1. The van der Waals surface area contributed by atoms with E-state index in [1.807, 2.05) is 35.2 Å². The van der Waals surface area contributed by atoms with E-state index in [1.54, 1.807) is 7.11 Å². The van der Waals surface area contributed by atoms with E-state index in [4.69, 9.17) is 10.00 Å². The number of sulfonamides is 1. The van der Waals surface area contributed by atoms with Crippen molar-refractivity contribution < 1.29 is 17.9 Å². The number of carbonyl (C=O) groups is 1. The van der Waals surface area contributed by atoms with Crippen molar-refractivity contribution in [1.29, 1.82) is 5.26 Å². The highest BCUT2D eigenvalue weighted by molar-refractivity contribution is 7.89. The molecule has 0 spiro atoms. The van der Waals surface area contributed by atoms with Crippen molar-refractivity contribution in [2.24, 2.45) is 5.92 Å². The molecule has 0 bridgehead atoms. The molecule has 0 saturated carbocycles. The fourth-order valence-corrected chi connectivity index (χ4v) is 6.12. The summed E-state index contributed by atoms with van der Waals surface area (Å²) in [6, 6.07) is 15.9. The van der Waals surface area contributed by atoms with E-state index in [2.05, 4.69) is 0 Å². The fourth-order valence-electron chi connectivity index (χ4n) is 4.65. The molecule has 2 aliphatic heterocycles. The van der Waals surface area contributed by atoms with Crippen LogP contribution in [0.5, 0.6) is 5.75 Å². The molecule has 1 atom stereocenters. The molecular weight excluding hydrogens is 426 g/mol. The summed E-state index contributed by atoms with van der Waals surface area (Å²) in [5, 5.41) is 8.92. The summed E-state index contributed by atoms with van der Waals surface area (Å²) in [5.74, 6) is 0.725. The van der Waals surface area contributed by atoms with Gasteiger partial charge in [0.05, 0.1) is 29.7 Å². The van der Waals surface area contributed by atoms with E-state index in [0.29, 0.717) is 31.5 Å². The zero-order valence-electron chi connectivity index (χ0n) is 18.1. The molecule has 2 saturated heterocycles. The maximum absolute atomic E-state index is 13.3. The number of nitrogens with zero attached hydrogens (tertiary/aromatic N) is 3. The number of rotatable bonds is 5. The average Bonchev–Trinajstić information content (AvgIpc) is 3.34. The summed E-state index contributed by atoms with van der Waals surface area (Å²) < 4.78 is 32.7. The molecule has 2 aromatic rings. The topological polar surface area (TPSA) is 90.7 Å². The van der Waals surface area contributed by atoms with Crippen LogP contribution in [0.25, 0.3) is 0 Å². The van der Waals surface area contributed by atoms with Gasteiger partial charge in [-0.1, -0.05) is 12.1 Å². The van der Waals surface area contributed by atoms with Crippen molar-refractivity contribution in [2.75, 3.05) is 26.7 Å². The van der Waals surface area contributed by atoms with Crippen LogP contribution >= 0.6 is 0 Å². The Morgan fingerprint density at radius 3 is 2.44 bits per heavy atom. The molecule has 0 radical (unpaired) electrons. The number of carbonyl (C=O) groups excluding carboxylic acids is 1. The summed E-state index contributed by atoms with van der Waals surface area (Å²) in [6.45, 7) is 1.36. The monoisotopic (exact) mass is 453 g/mol. The van der Waals surface area contributed by atoms with Crippen molar-refractivity contribution in [3.63, 3.8) is 0 Å². The molecule has 8 heteroatoms. The van der Waals surface area contributed by atoms with Gasteiger partial charge in [-0.15, -0.1) is 0 Å². The van der Waals surface area contributed by atoms with Crippen molar-refractivity contribution in [2.45, 2.75) is 36.6 Å². The van der Waals surface area contributed by atoms with Gasteiger partial charge in [-0.25, -0.2) is 8.42 Å². The highest BCUT2D eigenvalue weighted by Crippen LogP contribution is 2.36. The Hall–Kier alpha value is -2.89. The highest BCUT2D eigenvalue weighted by atomic mass is 32.2. The van der Waals surface area contributed by atoms with Gasteiger partial charge in [0.15, 0.2) is 0 Å². The second-order valence-electron chi connectivity index (χ2n) is 8.28. The second kappa shape index (κ2) is 9.31. The largest absolute Gasteiger partial charge is 0.497 e. The Morgan fingerprint density at radius 2 is 1.78 bits per heavy atom. The lowest BCUT2D eigenvalue weighted by molar-refractivity contribution is -0.137. The Morgan fingerprint density at radius 1 is 1.06 bits per heavy atom. The first kappa shape index (κ1) is 22.3. The van der Waals surface area contributed by atoms with Crippen LogP contribution in [-0.2, 0) is 14.8 Å². The minimum Gasteiger partial charge on any atom is -0.497 e. The van der Waals surface area contributed by atoms with Crippen molar-refractivity contribution in [1.82, 2.24) is 9.21 Å². The summed E-state index contributed by atoms with van der Waals surface area (Å²) in [7, 11) is -2.00. The normalized spacial score (nSPS) is 20.1. The first-order valence-electron chi connectivity index (χ1n) is 10.9. The number of hydrogen-bond acceptors (Lipinski definition) is 5. The van der Waals surface area contributed by atoms with Crippen molar-refractivity contribution in [3.8, 4) is 11.8 Å². The summed E-state index contributed by atoms with van der Waals surface area (Å²) in [6.07, 6.45) is 2.90. The van der Waals surface area contributed by atoms with Gasteiger partial charge in [0, 0.05) is 25.6 Å². The molecule has 2 heterocycles. The van der Waals surface area contributed by atoms with Crippen LogP contribution in [0.15, 0.2) is 53.4 Å². The average molecular weight is 454 g/mol. The number of hydrogen-bond donors (Lipinski definition) is 0. The first-order valence-corrected chi connectivity index (χ1v) is 12.3. The van der Waals surface area contributed by atoms with Gasteiger partial charge in [0.25, 0.3) is 0 Å². The van der Waals surface area contributed by atoms with Crippen molar-refractivity contribution >= 4 is 15.9 Å². The van der Waals surface area contributed by atoms with Crippen molar-refractivity contribution in [3.05, 3.63) is 59.7 Å². The minimum absolute atomic E-state index is 0.0398. The van der Waals surface area contributed by atoms with Crippen LogP contribution in [-0.4, -0.2) is 50.3 Å². The molecule has 1 unspecified atom stereocenters. The van der Waals surface area contributed by atoms with Gasteiger partial charge < -0.3 is 9.64 Å². The second-order valence-corrected chi connectivity index (χ2v) is 10.2. The third-order valence-electron chi connectivity index (χ3n) is 6.44. The predicted octanol–water partition coefficient (Wildman–Crippen LogP) is 3.33. The molecule has 0 aromatic heterocycles. The smallest absolute Gasteiger partial charge is 0.243 e. The lowest BCUT2D eigenvalue weighted by atomic mass is 9.95. The lowest BCUT2D eigenvalue weighted by Gasteiger charge is -2.34. The van der Waals surface area contributed by atoms with E-state index in [0.717, 1.165) is 30.7 Å². The lowest BCUT2D eigenvalue weighted by Crippen LogP contribution is -2.44. The third-order valence-corrected chi connectivity index (χ3v) is 8.35. The molecule has 1 amide bonds. The van der Waals surface area contributed by atoms with Gasteiger partial charge in [-0.2, -0.15) is 9.57 Å². The van der Waals surface area contributed by atoms with Crippen LogP contribution in [0.4, 0.5) is 0 Å². The first-order chi connectivity index (χ1) is 15.4. The Balaban J connectivity index is 1.42. The molecule has 2 fully saturated rings. The number of benzene rings is 2. The minimum atomic E-state index is -3.63. The SMILES string of the molecule is COc1cccc(C2CCCN2C(=O)C2CCN(S(=O)(=O)c3ccc(C#N)cc3)CC2)c1. The molecule has 0 N–H and O–H groups in total. The number of amides is 1. The van der Waals surface area contributed by atoms with Crippen LogP contribution in [0, 0.1) is 17.2 Å². The van der Waals surface area contributed by atoms with E-state index < -0.39 is 10.0 Å². The molecule has 168 valence electrons. The third kappa shape index (κ3) is 4.36. The number of piperidine rings is 1. The Bertz CT molecular complexity index is 1120. The van der Waals surface area contributed by atoms with Crippen LogP contribution in [0.1, 0.15) is 42.9 Å². The molecule has 4 rings (SSSR count). The van der Waals surface area contributed by atoms with E-state index in [-0.39, 0.29) is 22.8 Å². The van der Waals surface area contributed by atoms with E-state index >= 15 is 0 Å². The van der Waals surface area contributed by atoms with Gasteiger partial charge in [-0.05, 0) is 67.6 Å². The number of likely N-dealkylation sites (tertiary alicyclic amines) is 1. The molecule has 0 aliphatic carbocycles. The van der Waals surface area contributed by atoms with Crippen LogP contribution < -0.4 is 4.74 Å². The molecule has 2 aliphatic rings. The Kier molecular flexibility index (Phi) is 6.49. The standard InChI is InChI=1S/C24H27N3O4S/c1-31-21-5-2-4-20(16-21)23-6-3-13-27(23)24(28)19-11-14-26(15-12-19)32(29,30)22-9-7-18(17-25)8-10-22/h2,4-5,7-10,16,19,23H,3,6,11-15H2,1H3. The number of ether oxygens (including phenoxy) is 1. The van der Waals surface area contributed by atoms with Gasteiger partial charge in [0.2, 0.25) is 15.9 Å². The summed E-state index contributed by atoms with van der Waals surface area (Å²) in [4.78, 5) is 15.5. The molecule has 32 heavy (non-hydrogen) atoms. The summed E-state index contributed by atoms with van der Waals surface area (Å²) in [5.41, 5.74) is 1.50. The maximum Gasteiger partial charge on any atom is 0.243 e. The highest BCUT2D eigenvalue weighted by Gasteiger charge is 2.37. The molecule has 7 nitrogen and oxygen atoms in total. The van der Waals surface area contributed by atoms with Gasteiger partial charge >= 0.3 is 0 Å². The van der Waals surface area contributed by atoms with Crippen LogP contribution in [0.2, 0.25) is 0 Å². The zero-order valence-corrected chi connectivity index (χ0v) is 18.9. The van der Waals surface area contributed by atoms with Gasteiger partial charge in [0.1, 0.15) is 5.75 Å². The van der Waals surface area contributed by atoms with E-state index in [1.165, 1.54) is 28.6 Å². The van der Waals surface area contributed by atoms with Gasteiger partial charge in [-0.3, -0.25) is 4.79 Å².